The second kappa shape index (κ2) is 4.61. The predicted molar refractivity (Wildman–Crippen MR) is 72.9 cm³/mol. The van der Waals surface area contributed by atoms with E-state index in [9.17, 15) is 14.7 Å². The summed E-state index contributed by atoms with van der Waals surface area (Å²) in [5.41, 5.74) is -0.159. The molecule has 0 saturated heterocycles. The minimum Gasteiger partial charge on any atom is -0.481 e. The van der Waals surface area contributed by atoms with E-state index in [0.717, 1.165) is 32.1 Å². The number of esters is 1. The van der Waals surface area contributed by atoms with Gasteiger partial charge in [0.25, 0.3) is 0 Å². The third-order valence-corrected chi connectivity index (χ3v) is 5.53. The average molecular weight is 278 g/mol. The van der Waals surface area contributed by atoms with Gasteiger partial charge in [-0.05, 0) is 56.8 Å². The van der Waals surface area contributed by atoms with E-state index in [2.05, 4.69) is 6.58 Å². The molecular weight excluding hydrogens is 256 g/mol. The molecule has 0 heterocycles. The summed E-state index contributed by atoms with van der Waals surface area (Å²) in [5.74, 6) is -0.162. The highest BCUT2D eigenvalue weighted by Gasteiger charge is 2.56. The van der Waals surface area contributed by atoms with Gasteiger partial charge in [-0.25, -0.2) is 4.79 Å². The minimum atomic E-state index is -0.726. The van der Waals surface area contributed by atoms with Gasteiger partial charge < -0.3 is 9.84 Å². The fourth-order valence-electron chi connectivity index (χ4n) is 4.82. The topological polar surface area (TPSA) is 63.6 Å². The standard InChI is InChI=1S/C16H22O4/c1-9(2)15(19)20-16-6-10-3-4-12(11(5-10)7-16)13(8-16)14(17)18/h10-13H,1,3-8H2,2H3,(H,17,18). The Morgan fingerprint density at radius 1 is 1.25 bits per heavy atom. The van der Waals surface area contributed by atoms with Crippen molar-refractivity contribution in [2.45, 2.75) is 51.0 Å². The summed E-state index contributed by atoms with van der Waals surface area (Å²) < 4.78 is 5.74. The first-order valence-electron chi connectivity index (χ1n) is 7.52. The van der Waals surface area contributed by atoms with Crippen molar-refractivity contribution in [3.8, 4) is 0 Å². The molecule has 3 aliphatic rings. The zero-order valence-electron chi connectivity index (χ0n) is 11.9. The molecule has 3 aliphatic carbocycles. The molecular formula is C16H22O4. The number of ether oxygens (including phenoxy) is 1. The maximum absolute atomic E-state index is 11.9. The van der Waals surface area contributed by atoms with E-state index < -0.39 is 11.6 Å². The van der Waals surface area contributed by atoms with Gasteiger partial charge in [-0.1, -0.05) is 6.58 Å². The molecule has 0 spiro atoms. The van der Waals surface area contributed by atoms with Crippen molar-refractivity contribution >= 4 is 11.9 Å². The summed E-state index contributed by atoms with van der Waals surface area (Å²) in [7, 11) is 0. The van der Waals surface area contributed by atoms with Crippen molar-refractivity contribution in [3.05, 3.63) is 12.2 Å². The highest BCUT2D eigenvalue weighted by atomic mass is 16.6. The molecule has 3 fully saturated rings. The molecule has 0 radical (unpaired) electrons. The predicted octanol–water partition coefficient (Wildman–Crippen LogP) is 2.78. The monoisotopic (exact) mass is 278 g/mol. The number of carbonyl (C=O) groups is 2. The Hall–Kier alpha value is -1.32. The maximum atomic E-state index is 11.9. The number of carbonyl (C=O) groups excluding carboxylic acids is 1. The van der Waals surface area contributed by atoms with Gasteiger partial charge in [0.15, 0.2) is 0 Å². The smallest absolute Gasteiger partial charge is 0.333 e. The van der Waals surface area contributed by atoms with Crippen LogP contribution in [-0.2, 0) is 14.3 Å². The Labute approximate surface area is 119 Å². The SMILES string of the molecule is C=C(C)C(=O)OC12CC3CCC(C(C3)C1)C(C(=O)O)C2. The zero-order valence-corrected chi connectivity index (χ0v) is 11.9. The molecule has 0 amide bonds. The molecule has 20 heavy (non-hydrogen) atoms. The van der Waals surface area contributed by atoms with Gasteiger partial charge in [0.2, 0.25) is 0 Å². The summed E-state index contributed by atoms with van der Waals surface area (Å²) in [5, 5.41) is 9.51. The van der Waals surface area contributed by atoms with Crippen molar-refractivity contribution in [1.82, 2.24) is 0 Å². The summed E-state index contributed by atoms with van der Waals surface area (Å²) >= 11 is 0. The van der Waals surface area contributed by atoms with Crippen molar-refractivity contribution in [2.75, 3.05) is 0 Å². The van der Waals surface area contributed by atoms with E-state index in [4.69, 9.17) is 4.74 Å². The quantitative estimate of drug-likeness (QED) is 0.637. The third kappa shape index (κ3) is 2.15. The van der Waals surface area contributed by atoms with Crippen molar-refractivity contribution < 1.29 is 19.4 Å². The van der Waals surface area contributed by atoms with Crippen LogP contribution in [0.4, 0.5) is 0 Å². The van der Waals surface area contributed by atoms with Gasteiger partial charge in [-0.3, -0.25) is 4.79 Å². The van der Waals surface area contributed by atoms with E-state index in [1.807, 2.05) is 0 Å². The number of hydrogen-bond acceptors (Lipinski definition) is 3. The molecule has 3 saturated carbocycles. The largest absolute Gasteiger partial charge is 0.481 e. The fraction of sp³-hybridized carbons (Fsp3) is 0.750. The van der Waals surface area contributed by atoms with Crippen LogP contribution in [0.1, 0.15) is 45.4 Å². The number of rotatable bonds is 3. The Kier molecular flexibility index (Phi) is 3.14. The Morgan fingerprint density at radius 2 is 2.00 bits per heavy atom. The summed E-state index contributed by atoms with van der Waals surface area (Å²) in [6.07, 6.45) is 5.38. The second-order valence-electron chi connectivity index (χ2n) is 7.01. The molecule has 110 valence electrons. The molecule has 4 heteroatoms. The number of aliphatic carboxylic acids is 1. The summed E-state index contributed by atoms with van der Waals surface area (Å²) in [4.78, 5) is 23.5. The first kappa shape index (κ1) is 13.7. The average Bonchev–Trinajstić information content (AvgIpc) is 2.35. The Morgan fingerprint density at radius 3 is 2.65 bits per heavy atom. The van der Waals surface area contributed by atoms with E-state index in [1.165, 1.54) is 0 Å². The van der Waals surface area contributed by atoms with Crippen LogP contribution in [0.5, 0.6) is 0 Å². The maximum Gasteiger partial charge on any atom is 0.333 e. The van der Waals surface area contributed by atoms with Crippen molar-refractivity contribution in [2.24, 2.45) is 23.7 Å². The van der Waals surface area contributed by atoms with Gasteiger partial charge in [0.1, 0.15) is 5.60 Å². The summed E-state index contributed by atoms with van der Waals surface area (Å²) in [6, 6.07) is 0. The summed E-state index contributed by atoms with van der Waals surface area (Å²) in [6.45, 7) is 5.28. The molecule has 5 atom stereocenters. The van der Waals surface area contributed by atoms with Gasteiger partial charge in [-0.15, -0.1) is 0 Å². The van der Waals surface area contributed by atoms with Crippen LogP contribution in [0.3, 0.4) is 0 Å². The second-order valence-corrected chi connectivity index (χ2v) is 7.01. The zero-order chi connectivity index (χ0) is 14.5. The molecule has 1 N–H and O–H groups in total. The number of fused-ring (bicyclic) bond motifs is 2. The molecule has 0 aromatic heterocycles. The minimum absolute atomic E-state index is 0.278. The molecule has 5 unspecified atom stereocenters. The van der Waals surface area contributed by atoms with Gasteiger partial charge in [0, 0.05) is 12.0 Å². The van der Waals surface area contributed by atoms with Crippen LogP contribution in [0.15, 0.2) is 12.2 Å². The van der Waals surface area contributed by atoms with Crippen LogP contribution in [0, 0.1) is 23.7 Å². The molecule has 0 aromatic rings. The van der Waals surface area contributed by atoms with E-state index in [-0.39, 0.29) is 17.8 Å². The van der Waals surface area contributed by atoms with Crippen LogP contribution < -0.4 is 0 Å². The van der Waals surface area contributed by atoms with Gasteiger partial charge in [-0.2, -0.15) is 0 Å². The first-order chi connectivity index (χ1) is 9.40. The molecule has 4 nitrogen and oxygen atoms in total. The molecule has 3 rings (SSSR count). The number of carboxylic acids is 1. The lowest BCUT2D eigenvalue weighted by molar-refractivity contribution is -0.190. The molecule has 3 bridgehead atoms. The lowest BCUT2D eigenvalue weighted by atomic mass is 9.52. The number of carboxylic acid groups (broad SMARTS) is 1. The lowest BCUT2D eigenvalue weighted by Gasteiger charge is -2.55. The van der Waals surface area contributed by atoms with Crippen LogP contribution in [-0.4, -0.2) is 22.6 Å². The lowest BCUT2D eigenvalue weighted by Crippen LogP contribution is -2.55. The highest BCUT2D eigenvalue weighted by molar-refractivity contribution is 5.87. The van der Waals surface area contributed by atoms with Gasteiger partial charge in [0.05, 0.1) is 5.92 Å². The molecule has 0 aliphatic heterocycles. The van der Waals surface area contributed by atoms with Crippen LogP contribution in [0.25, 0.3) is 0 Å². The van der Waals surface area contributed by atoms with Crippen LogP contribution in [0.2, 0.25) is 0 Å². The first-order valence-corrected chi connectivity index (χ1v) is 7.52. The van der Waals surface area contributed by atoms with E-state index in [1.54, 1.807) is 6.92 Å². The molecule has 0 aromatic carbocycles. The Bertz CT molecular complexity index is 465. The third-order valence-electron chi connectivity index (χ3n) is 5.53. The fourth-order valence-corrected chi connectivity index (χ4v) is 4.82. The Balaban J connectivity index is 1.88. The highest BCUT2D eigenvalue weighted by Crippen LogP contribution is 2.57. The van der Waals surface area contributed by atoms with E-state index >= 15 is 0 Å². The number of hydrogen-bond donors (Lipinski definition) is 1. The van der Waals surface area contributed by atoms with Crippen molar-refractivity contribution in [3.63, 3.8) is 0 Å². The normalized spacial score (nSPS) is 42.0. The van der Waals surface area contributed by atoms with Gasteiger partial charge >= 0.3 is 11.9 Å². The van der Waals surface area contributed by atoms with Crippen LogP contribution >= 0.6 is 0 Å². The van der Waals surface area contributed by atoms with E-state index in [0.29, 0.717) is 23.8 Å². The van der Waals surface area contributed by atoms with Crippen molar-refractivity contribution in [1.29, 1.82) is 0 Å².